The summed E-state index contributed by atoms with van der Waals surface area (Å²) in [6.07, 6.45) is 0.759. The molecule has 4 rings (SSSR count). The number of phenols is 2. The van der Waals surface area contributed by atoms with Crippen LogP contribution in [-0.2, 0) is 12.0 Å². The fraction of sp³-hybridized carbons (Fsp3) is 0.318. The van der Waals surface area contributed by atoms with Gasteiger partial charge >= 0.3 is 0 Å². The molecule has 8 nitrogen and oxygen atoms in total. The Kier molecular flexibility index (Phi) is 4.54. The molecule has 2 aromatic carbocycles. The Labute approximate surface area is 172 Å². The van der Waals surface area contributed by atoms with Crippen LogP contribution < -0.4 is 18.9 Å². The molecular weight excluding hydrogens is 392 g/mol. The van der Waals surface area contributed by atoms with Crippen LogP contribution in [0.15, 0.2) is 29.8 Å². The van der Waals surface area contributed by atoms with E-state index in [1.54, 1.807) is 0 Å². The molecule has 0 saturated carbocycles. The second-order valence-corrected chi connectivity index (χ2v) is 7.45. The Hall–Kier alpha value is -3.39. The van der Waals surface area contributed by atoms with Crippen molar-refractivity contribution >= 4 is 5.78 Å². The number of ketones is 1. The summed E-state index contributed by atoms with van der Waals surface area (Å²) in [6, 6.07) is 4.01. The minimum Gasteiger partial charge on any atom is -0.507 e. The number of hydrogen-bond donors (Lipinski definition) is 3. The van der Waals surface area contributed by atoms with E-state index in [0.29, 0.717) is 12.0 Å². The Morgan fingerprint density at radius 1 is 1.13 bits per heavy atom. The van der Waals surface area contributed by atoms with E-state index in [1.807, 2.05) is 19.9 Å². The highest BCUT2D eigenvalue weighted by molar-refractivity contribution is 6.09. The number of carbonyl (C=O) groups excluding carboxylic acids is 1. The van der Waals surface area contributed by atoms with Crippen LogP contribution in [0.2, 0.25) is 0 Å². The van der Waals surface area contributed by atoms with Crippen molar-refractivity contribution < 1.29 is 39.1 Å². The molecule has 158 valence electrons. The number of aromatic hydroxyl groups is 2. The summed E-state index contributed by atoms with van der Waals surface area (Å²) in [6.45, 7) is 3.82. The highest BCUT2D eigenvalue weighted by atomic mass is 16.7. The fourth-order valence-corrected chi connectivity index (χ4v) is 3.78. The maximum absolute atomic E-state index is 13.4. The zero-order valence-corrected chi connectivity index (χ0v) is 17.0. The molecule has 0 aliphatic carbocycles. The van der Waals surface area contributed by atoms with Crippen LogP contribution in [0.3, 0.4) is 0 Å². The average molecular weight is 414 g/mol. The smallest absolute Gasteiger partial charge is 0.281 e. The van der Waals surface area contributed by atoms with Crippen LogP contribution in [0.4, 0.5) is 0 Å². The van der Waals surface area contributed by atoms with Gasteiger partial charge in [0.2, 0.25) is 11.4 Å². The van der Waals surface area contributed by atoms with Gasteiger partial charge in [-0.15, -0.1) is 0 Å². The molecule has 30 heavy (non-hydrogen) atoms. The Morgan fingerprint density at radius 3 is 2.50 bits per heavy atom. The average Bonchev–Trinajstić information content (AvgIpc) is 2.99. The number of Topliss-reactive ketones (excluding diaryl/α,β-unsaturated/α-hetero) is 1. The topological polar surface area (TPSA) is 115 Å². The predicted molar refractivity (Wildman–Crippen MR) is 106 cm³/mol. The summed E-state index contributed by atoms with van der Waals surface area (Å²) in [7, 11) is 2.76. The maximum Gasteiger partial charge on any atom is 0.281 e. The SMILES string of the molecule is COc1cc(O)c2c(c1)O[C@@H]1Oc3c(CC=C(C)C)c(O)cc(OC)c3[C@]1(O)C2=O. The van der Waals surface area contributed by atoms with Gasteiger partial charge in [0, 0.05) is 23.8 Å². The van der Waals surface area contributed by atoms with Crippen LogP contribution in [0, 0.1) is 0 Å². The zero-order chi connectivity index (χ0) is 21.8. The Bertz CT molecular complexity index is 1080. The molecule has 8 heteroatoms. The predicted octanol–water partition coefficient (Wildman–Crippen LogP) is 2.81. The quantitative estimate of drug-likeness (QED) is 0.655. The van der Waals surface area contributed by atoms with Gasteiger partial charge in [-0.1, -0.05) is 11.6 Å². The van der Waals surface area contributed by atoms with Crippen molar-refractivity contribution in [2.75, 3.05) is 14.2 Å². The lowest BCUT2D eigenvalue weighted by Gasteiger charge is -2.33. The molecule has 2 aromatic rings. The summed E-state index contributed by atoms with van der Waals surface area (Å²) in [5.41, 5.74) is -1.00. The van der Waals surface area contributed by atoms with Gasteiger partial charge in [-0.3, -0.25) is 4.79 Å². The molecule has 2 aliphatic rings. The number of fused-ring (bicyclic) bond motifs is 4. The molecule has 0 radical (unpaired) electrons. The third-order valence-electron chi connectivity index (χ3n) is 5.30. The van der Waals surface area contributed by atoms with Crippen molar-refractivity contribution in [1.29, 1.82) is 0 Å². The second kappa shape index (κ2) is 6.84. The summed E-state index contributed by atoms with van der Waals surface area (Å²) >= 11 is 0. The number of allylic oxidation sites excluding steroid dienone is 2. The number of phenolic OH excluding ortho intramolecular Hbond substituents is 2. The second-order valence-electron chi connectivity index (χ2n) is 7.45. The lowest BCUT2D eigenvalue weighted by molar-refractivity contribution is -0.119. The molecule has 0 fully saturated rings. The molecule has 0 saturated heterocycles. The van der Waals surface area contributed by atoms with Gasteiger partial charge in [0.25, 0.3) is 6.29 Å². The first-order chi connectivity index (χ1) is 14.2. The molecule has 0 bridgehead atoms. The minimum atomic E-state index is -2.27. The van der Waals surface area contributed by atoms with E-state index in [4.69, 9.17) is 18.9 Å². The van der Waals surface area contributed by atoms with Crippen molar-refractivity contribution in [3.63, 3.8) is 0 Å². The first kappa shape index (κ1) is 19.9. The molecule has 2 atom stereocenters. The van der Waals surface area contributed by atoms with Gasteiger partial charge < -0.3 is 34.3 Å². The number of methoxy groups -OCH3 is 2. The zero-order valence-electron chi connectivity index (χ0n) is 17.0. The third kappa shape index (κ3) is 2.68. The molecule has 0 unspecified atom stereocenters. The van der Waals surface area contributed by atoms with Gasteiger partial charge in [0.05, 0.1) is 19.8 Å². The minimum absolute atomic E-state index is 0.0216. The van der Waals surface area contributed by atoms with Crippen LogP contribution >= 0.6 is 0 Å². The molecule has 0 aromatic heterocycles. The van der Waals surface area contributed by atoms with Gasteiger partial charge in [-0.05, 0) is 20.3 Å². The number of hydrogen-bond acceptors (Lipinski definition) is 8. The molecule has 0 spiro atoms. The van der Waals surface area contributed by atoms with E-state index in [2.05, 4.69) is 0 Å². The summed E-state index contributed by atoms with van der Waals surface area (Å²) in [5, 5.41) is 32.4. The molecular formula is C22H22O8. The summed E-state index contributed by atoms with van der Waals surface area (Å²) in [4.78, 5) is 13.4. The van der Waals surface area contributed by atoms with E-state index < -0.39 is 23.4 Å². The third-order valence-corrected chi connectivity index (χ3v) is 5.30. The normalized spacial score (nSPS) is 21.0. The number of carbonyl (C=O) groups is 1. The highest BCUT2D eigenvalue weighted by Gasteiger charge is 2.62. The van der Waals surface area contributed by atoms with E-state index in [9.17, 15) is 20.1 Å². The van der Waals surface area contributed by atoms with E-state index in [1.165, 1.54) is 32.4 Å². The number of ether oxygens (including phenoxy) is 4. The largest absolute Gasteiger partial charge is 0.507 e. The maximum atomic E-state index is 13.4. The fourth-order valence-electron chi connectivity index (χ4n) is 3.78. The van der Waals surface area contributed by atoms with Gasteiger partial charge in [-0.2, -0.15) is 0 Å². The lowest BCUT2D eigenvalue weighted by atomic mass is 9.82. The van der Waals surface area contributed by atoms with Gasteiger partial charge in [0.1, 0.15) is 40.1 Å². The molecule has 0 amide bonds. The molecule has 2 heterocycles. The van der Waals surface area contributed by atoms with E-state index >= 15 is 0 Å². The standard InChI is InChI=1S/C22H22O8/c1-10(2)5-6-12-13(23)9-16(28-4)18-19(12)30-21-22(18,26)20(25)17-14(24)7-11(27-3)8-15(17)29-21/h5,7-9,21,23-24,26H,6H2,1-4H3/t21-,22+/m1/s1. The van der Waals surface area contributed by atoms with Crippen molar-refractivity contribution in [3.8, 4) is 34.5 Å². The van der Waals surface area contributed by atoms with Crippen molar-refractivity contribution in [1.82, 2.24) is 0 Å². The van der Waals surface area contributed by atoms with Gasteiger partial charge in [0.15, 0.2) is 0 Å². The van der Waals surface area contributed by atoms with Crippen molar-refractivity contribution in [2.45, 2.75) is 32.2 Å². The number of rotatable bonds is 4. The lowest BCUT2D eigenvalue weighted by Crippen LogP contribution is -2.51. The van der Waals surface area contributed by atoms with Crippen LogP contribution in [0.25, 0.3) is 0 Å². The molecule has 2 aliphatic heterocycles. The first-order valence-electron chi connectivity index (χ1n) is 9.30. The Balaban J connectivity index is 1.93. The number of aliphatic hydroxyl groups is 1. The summed E-state index contributed by atoms with van der Waals surface area (Å²) < 4.78 is 22.1. The van der Waals surface area contributed by atoms with Crippen molar-refractivity contribution in [2.24, 2.45) is 0 Å². The van der Waals surface area contributed by atoms with Gasteiger partial charge in [-0.25, -0.2) is 0 Å². The first-order valence-corrected chi connectivity index (χ1v) is 9.30. The number of benzene rings is 2. The van der Waals surface area contributed by atoms with Crippen molar-refractivity contribution in [3.05, 3.63) is 46.5 Å². The van der Waals surface area contributed by atoms with E-state index in [0.717, 1.165) is 5.57 Å². The van der Waals surface area contributed by atoms with Crippen LogP contribution in [-0.4, -0.2) is 41.6 Å². The van der Waals surface area contributed by atoms with Crippen LogP contribution in [0.1, 0.15) is 35.3 Å². The molecule has 3 N–H and O–H groups in total. The van der Waals surface area contributed by atoms with Crippen LogP contribution in [0.5, 0.6) is 34.5 Å². The highest BCUT2D eigenvalue weighted by Crippen LogP contribution is 2.56. The monoisotopic (exact) mass is 414 g/mol. The Morgan fingerprint density at radius 2 is 1.87 bits per heavy atom. The van der Waals surface area contributed by atoms with E-state index in [-0.39, 0.29) is 39.9 Å². The summed E-state index contributed by atoms with van der Waals surface area (Å²) in [5.74, 6) is -0.805.